The maximum atomic E-state index is 12.4. The van der Waals surface area contributed by atoms with Crippen LogP contribution in [0.5, 0.6) is 0 Å². The zero-order chi connectivity index (χ0) is 15.3. The van der Waals surface area contributed by atoms with E-state index in [9.17, 15) is 14.9 Å². The molecule has 0 atom stereocenters. The van der Waals surface area contributed by atoms with Gasteiger partial charge in [0, 0.05) is 31.3 Å². The van der Waals surface area contributed by atoms with Gasteiger partial charge in [-0.15, -0.1) is 0 Å². The lowest BCUT2D eigenvalue weighted by atomic mass is 10.1. The molecule has 1 rings (SSSR count). The highest BCUT2D eigenvalue weighted by molar-refractivity contribution is 6.33. The van der Waals surface area contributed by atoms with Crippen molar-refractivity contribution < 1.29 is 14.5 Å². The minimum atomic E-state index is -0.582. The van der Waals surface area contributed by atoms with Gasteiger partial charge in [-0.3, -0.25) is 14.9 Å². The van der Waals surface area contributed by atoms with Crippen molar-refractivity contribution >= 4 is 23.2 Å². The van der Waals surface area contributed by atoms with Crippen LogP contribution in [-0.2, 0) is 4.74 Å². The van der Waals surface area contributed by atoms with Crippen molar-refractivity contribution in [2.75, 3.05) is 20.3 Å². The summed E-state index contributed by atoms with van der Waals surface area (Å²) in [5, 5.41) is 10.7. The smallest absolute Gasteiger partial charge is 0.287 e. The Hall–Kier alpha value is -1.66. The molecule has 0 bridgehead atoms. The van der Waals surface area contributed by atoms with Crippen LogP contribution in [0.2, 0.25) is 5.02 Å². The van der Waals surface area contributed by atoms with Crippen LogP contribution >= 0.6 is 11.6 Å². The van der Waals surface area contributed by atoms with Gasteiger partial charge < -0.3 is 9.64 Å². The van der Waals surface area contributed by atoms with Gasteiger partial charge in [-0.25, -0.2) is 0 Å². The highest BCUT2D eigenvalue weighted by Crippen LogP contribution is 2.25. The highest BCUT2D eigenvalue weighted by atomic mass is 35.5. The van der Waals surface area contributed by atoms with E-state index in [1.165, 1.54) is 18.2 Å². The molecule has 0 aliphatic carbocycles. The van der Waals surface area contributed by atoms with E-state index in [0.29, 0.717) is 18.7 Å². The number of rotatable bonds is 6. The van der Waals surface area contributed by atoms with Gasteiger partial charge in [0.2, 0.25) is 0 Å². The van der Waals surface area contributed by atoms with Crippen molar-refractivity contribution in [2.45, 2.75) is 19.9 Å². The number of hydrogen-bond donors (Lipinski definition) is 0. The topological polar surface area (TPSA) is 72.7 Å². The number of carbonyl (C=O) groups excluding carboxylic acids is 1. The molecule has 0 heterocycles. The lowest BCUT2D eigenvalue weighted by Crippen LogP contribution is -2.39. The average molecular weight is 301 g/mol. The number of carbonyl (C=O) groups is 1. The number of benzene rings is 1. The van der Waals surface area contributed by atoms with Gasteiger partial charge >= 0.3 is 0 Å². The molecule has 0 N–H and O–H groups in total. The van der Waals surface area contributed by atoms with Crippen LogP contribution in [0.3, 0.4) is 0 Å². The first-order valence-corrected chi connectivity index (χ1v) is 6.50. The van der Waals surface area contributed by atoms with E-state index >= 15 is 0 Å². The number of hydrogen-bond acceptors (Lipinski definition) is 4. The van der Waals surface area contributed by atoms with Crippen LogP contribution < -0.4 is 0 Å². The monoisotopic (exact) mass is 300 g/mol. The molecule has 0 spiro atoms. The molecule has 0 fully saturated rings. The normalized spacial score (nSPS) is 10.7. The SMILES string of the molecule is COCCN(C(=O)c1ccc([N+](=O)[O-])c(Cl)c1)C(C)C. The zero-order valence-electron chi connectivity index (χ0n) is 11.6. The fraction of sp³-hybridized carbons (Fsp3) is 0.462. The molecular weight excluding hydrogens is 284 g/mol. The Morgan fingerprint density at radius 1 is 1.50 bits per heavy atom. The number of nitrogens with zero attached hydrogens (tertiary/aromatic N) is 2. The second kappa shape index (κ2) is 7.21. The Morgan fingerprint density at radius 2 is 2.15 bits per heavy atom. The molecule has 1 amide bonds. The van der Waals surface area contributed by atoms with Crippen LogP contribution in [0.1, 0.15) is 24.2 Å². The first-order chi connectivity index (χ1) is 9.38. The van der Waals surface area contributed by atoms with E-state index < -0.39 is 4.92 Å². The maximum absolute atomic E-state index is 12.4. The van der Waals surface area contributed by atoms with E-state index in [1.807, 2.05) is 13.8 Å². The van der Waals surface area contributed by atoms with Gasteiger partial charge in [-0.2, -0.15) is 0 Å². The summed E-state index contributed by atoms with van der Waals surface area (Å²) in [4.78, 5) is 24.1. The fourth-order valence-corrected chi connectivity index (χ4v) is 1.99. The summed E-state index contributed by atoms with van der Waals surface area (Å²) >= 11 is 5.82. The maximum Gasteiger partial charge on any atom is 0.287 e. The third-order valence-corrected chi connectivity index (χ3v) is 3.11. The summed E-state index contributed by atoms with van der Waals surface area (Å²) < 4.78 is 4.97. The van der Waals surface area contributed by atoms with Gasteiger partial charge in [0.1, 0.15) is 5.02 Å². The molecule has 6 nitrogen and oxygen atoms in total. The Morgan fingerprint density at radius 3 is 2.60 bits per heavy atom. The minimum Gasteiger partial charge on any atom is -0.383 e. The van der Waals surface area contributed by atoms with Gasteiger partial charge in [0.15, 0.2) is 0 Å². The highest BCUT2D eigenvalue weighted by Gasteiger charge is 2.21. The van der Waals surface area contributed by atoms with Crippen molar-refractivity contribution in [3.63, 3.8) is 0 Å². The summed E-state index contributed by atoms with van der Waals surface area (Å²) in [5.74, 6) is -0.228. The van der Waals surface area contributed by atoms with E-state index in [0.717, 1.165) is 0 Å². The molecule has 110 valence electrons. The van der Waals surface area contributed by atoms with Crippen LogP contribution in [-0.4, -0.2) is 42.0 Å². The number of ether oxygens (including phenoxy) is 1. The predicted octanol–water partition coefficient (Wildman–Crippen LogP) is 2.75. The van der Waals surface area contributed by atoms with E-state index in [-0.39, 0.29) is 22.7 Å². The molecular formula is C13H17ClN2O4. The first kappa shape index (κ1) is 16.4. The second-order valence-electron chi connectivity index (χ2n) is 4.51. The summed E-state index contributed by atoms with van der Waals surface area (Å²) in [7, 11) is 1.56. The van der Waals surface area contributed by atoms with Crippen molar-refractivity contribution in [3.05, 3.63) is 38.9 Å². The molecule has 0 aliphatic rings. The lowest BCUT2D eigenvalue weighted by molar-refractivity contribution is -0.384. The summed E-state index contributed by atoms with van der Waals surface area (Å²) in [6.45, 7) is 4.65. The second-order valence-corrected chi connectivity index (χ2v) is 4.92. The van der Waals surface area contributed by atoms with E-state index in [4.69, 9.17) is 16.3 Å². The molecule has 0 saturated carbocycles. The van der Waals surface area contributed by atoms with Crippen molar-refractivity contribution in [2.24, 2.45) is 0 Å². The molecule has 0 unspecified atom stereocenters. The molecule has 7 heteroatoms. The van der Waals surface area contributed by atoms with Crippen LogP contribution in [0.4, 0.5) is 5.69 Å². The van der Waals surface area contributed by atoms with Gasteiger partial charge in [0.05, 0.1) is 11.5 Å². The molecule has 1 aromatic rings. The van der Waals surface area contributed by atoms with Crippen LogP contribution in [0, 0.1) is 10.1 Å². The average Bonchev–Trinajstić information content (AvgIpc) is 2.37. The Balaban J connectivity index is 3.00. The van der Waals surface area contributed by atoms with E-state index in [2.05, 4.69) is 0 Å². The molecule has 0 radical (unpaired) electrons. The van der Waals surface area contributed by atoms with Crippen molar-refractivity contribution in [1.82, 2.24) is 4.90 Å². The molecule has 0 aliphatic heterocycles. The van der Waals surface area contributed by atoms with Crippen molar-refractivity contribution in [3.8, 4) is 0 Å². The Labute approximate surface area is 122 Å². The number of methoxy groups -OCH3 is 1. The van der Waals surface area contributed by atoms with E-state index in [1.54, 1.807) is 12.0 Å². The Bertz CT molecular complexity index is 505. The number of amides is 1. The van der Waals surface area contributed by atoms with Crippen LogP contribution in [0.15, 0.2) is 18.2 Å². The largest absolute Gasteiger partial charge is 0.383 e. The first-order valence-electron chi connectivity index (χ1n) is 6.12. The zero-order valence-corrected chi connectivity index (χ0v) is 12.4. The van der Waals surface area contributed by atoms with Crippen molar-refractivity contribution in [1.29, 1.82) is 0 Å². The minimum absolute atomic E-state index is 0.00776. The summed E-state index contributed by atoms with van der Waals surface area (Å²) in [6, 6.07) is 3.97. The van der Waals surface area contributed by atoms with Gasteiger partial charge in [-0.05, 0) is 26.0 Å². The molecule has 1 aromatic carbocycles. The summed E-state index contributed by atoms with van der Waals surface area (Å²) in [5.41, 5.74) is 0.113. The molecule has 0 saturated heterocycles. The molecule has 0 aromatic heterocycles. The number of nitro groups is 1. The number of halogens is 1. The standard InChI is InChI=1S/C13H17ClN2O4/c1-9(2)15(6-7-20-3)13(17)10-4-5-12(16(18)19)11(14)8-10/h4-5,8-9H,6-7H2,1-3H3. The quantitative estimate of drug-likeness (QED) is 0.598. The fourth-order valence-electron chi connectivity index (χ4n) is 1.74. The molecule has 20 heavy (non-hydrogen) atoms. The van der Waals surface area contributed by atoms with Gasteiger partial charge in [-0.1, -0.05) is 11.6 Å². The van der Waals surface area contributed by atoms with Gasteiger partial charge in [0.25, 0.3) is 11.6 Å². The predicted molar refractivity (Wildman–Crippen MR) is 76.2 cm³/mol. The van der Waals surface area contributed by atoms with Crippen LogP contribution in [0.25, 0.3) is 0 Å². The third-order valence-electron chi connectivity index (χ3n) is 2.81. The summed E-state index contributed by atoms with van der Waals surface area (Å²) in [6.07, 6.45) is 0. The number of nitro benzene ring substituents is 1. The lowest BCUT2D eigenvalue weighted by Gasteiger charge is -2.26. The Kier molecular flexibility index (Phi) is 5.91. The third kappa shape index (κ3) is 3.91.